The highest BCUT2D eigenvalue weighted by Gasteiger charge is 2.61. The number of amides is 1. The first-order valence-corrected chi connectivity index (χ1v) is 36.2. The molecule has 52 heteroatoms. The van der Waals surface area contributed by atoms with E-state index in [2.05, 4.69) is 5.32 Å². The summed E-state index contributed by atoms with van der Waals surface area (Å²) in [5.74, 6) is -0.869. The van der Waals surface area contributed by atoms with Crippen LogP contribution in [0.25, 0.3) is 0 Å². The van der Waals surface area contributed by atoms with Crippen molar-refractivity contribution in [2.24, 2.45) is 0 Å². The maximum absolute atomic E-state index is 12.5. The Kier molecular flexibility index (Phi) is 33.4. The summed E-state index contributed by atoms with van der Waals surface area (Å²) in [5.41, 5.74) is 0. The molecule has 0 aliphatic carbocycles. The van der Waals surface area contributed by atoms with Gasteiger partial charge in [0.15, 0.2) is 62.9 Å². The average molecular weight is 1680 g/mol. The van der Waals surface area contributed by atoms with Gasteiger partial charge in [0.2, 0.25) is 5.91 Å². The Hall–Kier alpha value is -2.53. The molecule has 0 radical (unpaired) electrons. The Morgan fingerprint density at radius 3 is 0.833 bits per heavy atom. The van der Waals surface area contributed by atoms with Gasteiger partial charge in [0.05, 0.1) is 66.1 Å². The highest BCUT2D eigenvalue weighted by Crippen LogP contribution is 2.40. The van der Waals surface area contributed by atoms with Crippen LogP contribution in [0.4, 0.5) is 0 Å². The molecule has 0 bridgehead atoms. The van der Waals surface area contributed by atoms with Crippen LogP contribution in [0.15, 0.2) is 0 Å². The van der Waals surface area contributed by atoms with Crippen LogP contribution in [-0.2, 0) is 94.8 Å². The third kappa shape index (κ3) is 19.9. The molecule has 10 fully saturated rings. The number of carbonyl (C=O) groups is 1. The second kappa shape index (κ2) is 40.6. The second-order valence-electron chi connectivity index (χ2n) is 28.8. The zero-order valence-corrected chi connectivity index (χ0v) is 60.0. The van der Waals surface area contributed by atoms with Gasteiger partial charge in [-0.2, -0.15) is 0 Å². The average Bonchev–Trinajstić information content (AvgIpc) is 0.776. The van der Waals surface area contributed by atoms with E-state index in [-0.39, 0.29) is 0 Å². The first-order valence-electron chi connectivity index (χ1n) is 36.2. The summed E-state index contributed by atoms with van der Waals surface area (Å²) < 4.78 is 110. The molecule has 10 aliphatic rings. The van der Waals surface area contributed by atoms with Gasteiger partial charge in [-0.1, -0.05) is 0 Å². The molecule has 52 nitrogen and oxygen atoms in total. The van der Waals surface area contributed by atoms with E-state index in [1.165, 1.54) is 0 Å². The van der Waals surface area contributed by atoms with E-state index in [1.807, 2.05) is 0 Å². The number of hydrogen-bond acceptors (Lipinski definition) is 51. The number of rotatable bonds is 29. The van der Waals surface area contributed by atoms with E-state index in [0.29, 0.717) is 0 Å². The maximum atomic E-state index is 12.5. The predicted molar refractivity (Wildman–Crippen MR) is 341 cm³/mol. The lowest BCUT2D eigenvalue weighted by Crippen LogP contribution is -2.69. The number of hydrogen-bond donors (Lipinski definition) is 32. The predicted octanol–water partition coefficient (Wildman–Crippen LogP) is -22.7. The van der Waals surface area contributed by atoms with Crippen molar-refractivity contribution in [3.05, 3.63) is 0 Å². The highest BCUT2D eigenvalue weighted by molar-refractivity contribution is 5.73. The third-order valence-corrected chi connectivity index (χ3v) is 21.2. The summed E-state index contributed by atoms with van der Waals surface area (Å²) in [4.78, 5) is 12.3. The summed E-state index contributed by atoms with van der Waals surface area (Å²) in [6.07, 6.45) is -104. The number of ether oxygens (including phenoxy) is 19. The fraction of sp³-hybridized carbons (Fsp3) is 0.984. The van der Waals surface area contributed by atoms with E-state index in [0.717, 1.165) is 6.92 Å². The van der Waals surface area contributed by atoms with Crippen molar-refractivity contribution in [1.82, 2.24) is 5.32 Å². The van der Waals surface area contributed by atoms with Crippen molar-refractivity contribution in [2.45, 2.75) is 314 Å². The first-order chi connectivity index (χ1) is 54.0. The molecule has 10 saturated heterocycles. The second-order valence-corrected chi connectivity index (χ2v) is 28.8. The van der Waals surface area contributed by atoms with Crippen molar-refractivity contribution in [2.75, 3.05) is 66.1 Å². The van der Waals surface area contributed by atoms with E-state index in [4.69, 9.17) is 90.0 Å². The maximum Gasteiger partial charge on any atom is 0.217 e. The fourth-order valence-electron chi connectivity index (χ4n) is 14.5. The van der Waals surface area contributed by atoms with Gasteiger partial charge < -0.3 is 254 Å². The molecule has 664 valence electrons. The Balaban J connectivity index is 0.931. The van der Waals surface area contributed by atoms with Gasteiger partial charge in [-0.3, -0.25) is 4.79 Å². The van der Waals surface area contributed by atoms with E-state index >= 15 is 0 Å². The SMILES string of the molecule is CC(=O)N[C@@H]1[C@@H](O)[C@H](O[C@@H]2O[C@H](CO[C@H]3O[C@H](CO[C@H]4O[C@H](CO[C@H]5O[C@H](CO)[C@@H](O)[C@H](O)[C@@H]5O[C@H]5O[C@H](CO)[C@@H](O)[C@H](O)[C@@H]5O)[C@@H](O)[C@H](O)[C@@H]4O)[C@@H](O)[C@H](O[C@H]4O[C@H](CO)[C@@H](O)[C@H](O)[C@@H]4O)[C@@H]3O)[C@@H](O)[C@H](O[C@H]3O[C@H](CO)[C@@H](O)[C@H](O)[C@@H]3O[C@H]3O[C@H](CO)[C@@H](O)[C@H](O)[C@@H]3O[C@H]3O[C@H](CO)[C@@H](O)[C@H](O)[C@@H]3O)[C@@H]2O)[C@@H](CO)O[C@H]1O. The highest BCUT2D eigenvalue weighted by atomic mass is 16.8. The molecule has 0 unspecified atom stereocenters. The van der Waals surface area contributed by atoms with Crippen LogP contribution in [0.3, 0.4) is 0 Å². The van der Waals surface area contributed by atoms with Crippen LogP contribution < -0.4 is 5.32 Å². The molecule has 10 rings (SSSR count). The van der Waals surface area contributed by atoms with Crippen LogP contribution in [-0.4, -0.2) is 537 Å². The minimum atomic E-state index is -2.54. The summed E-state index contributed by atoms with van der Waals surface area (Å²) in [6, 6.07) is -1.79. The number of carbonyl (C=O) groups excluding carboxylic acids is 1. The van der Waals surface area contributed by atoms with Gasteiger partial charge >= 0.3 is 0 Å². The number of aliphatic hydroxyl groups is 31. The molecule has 10 aliphatic heterocycles. The number of nitrogens with one attached hydrogen (secondary N) is 1. The monoisotopic (exact) mass is 1680 g/mol. The first kappa shape index (κ1) is 93.7. The Bertz CT molecular complexity index is 2920. The van der Waals surface area contributed by atoms with Gasteiger partial charge in [0.1, 0.15) is 244 Å². The van der Waals surface area contributed by atoms with Gasteiger partial charge in [-0.05, 0) is 0 Å². The van der Waals surface area contributed by atoms with E-state index in [1.54, 1.807) is 0 Å². The van der Waals surface area contributed by atoms with Crippen molar-refractivity contribution in [1.29, 1.82) is 0 Å². The van der Waals surface area contributed by atoms with Gasteiger partial charge in [-0.25, -0.2) is 0 Å². The molecular weight excluding hydrogens is 1570 g/mol. The largest absolute Gasteiger partial charge is 0.394 e. The van der Waals surface area contributed by atoms with Gasteiger partial charge in [0, 0.05) is 6.92 Å². The van der Waals surface area contributed by atoms with Crippen LogP contribution in [0.1, 0.15) is 6.92 Å². The normalized spacial score (nSPS) is 52.6. The molecule has 0 aromatic rings. The van der Waals surface area contributed by atoms with Gasteiger partial charge in [0.25, 0.3) is 0 Å². The van der Waals surface area contributed by atoms with Crippen LogP contribution >= 0.6 is 0 Å². The molecule has 1 amide bonds. The smallest absolute Gasteiger partial charge is 0.217 e. The van der Waals surface area contributed by atoms with Crippen molar-refractivity contribution in [3.63, 3.8) is 0 Å². The van der Waals surface area contributed by atoms with Crippen molar-refractivity contribution >= 4 is 5.91 Å². The lowest BCUT2D eigenvalue weighted by atomic mass is 9.94. The van der Waals surface area contributed by atoms with Crippen LogP contribution in [0.5, 0.6) is 0 Å². The zero-order chi connectivity index (χ0) is 83.7. The minimum absolute atomic E-state index is 0.869. The summed E-state index contributed by atoms with van der Waals surface area (Å²) in [7, 11) is 0. The summed E-state index contributed by atoms with van der Waals surface area (Å²) in [6.45, 7) is -9.82. The van der Waals surface area contributed by atoms with E-state index in [9.17, 15) is 163 Å². The van der Waals surface area contributed by atoms with Gasteiger partial charge in [-0.15, -0.1) is 0 Å². The van der Waals surface area contributed by atoms with E-state index < -0.39 is 379 Å². The molecule has 0 saturated carbocycles. The molecule has 32 N–H and O–H groups in total. The summed E-state index contributed by atoms with van der Waals surface area (Å²) in [5, 5.41) is 342. The number of aliphatic hydroxyl groups excluding tert-OH is 31. The quantitative estimate of drug-likeness (QED) is 0.0331. The molecule has 0 aromatic heterocycles. The molecule has 50 atom stereocenters. The lowest BCUT2D eigenvalue weighted by Gasteiger charge is -2.50. The van der Waals surface area contributed by atoms with Crippen molar-refractivity contribution in [3.8, 4) is 0 Å². The van der Waals surface area contributed by atoms with Crippen LogP contribution in [0.2, 0.25) is 0 Å². The lowest BCUT2D eigenvalue weighted by molar-refractivity contribution is -0.407. The Morgan fingerprint density at radius 2 is 0.465 bits per heavy atom. The Labute approximate surface area is 642 Å². The molecule has 0 spiro atoms. The zero-order valence-electron chi connectivity index (χ0n) is 60.0. The topological polar surface area (TPSA) is 832 Å². The minimum Gasteiger partial charge on any atom is -0.394 e. The standard InChI is InChI=1S/C62H105NO51/c1-12(71)63-23-33(81)47(19(8-70)99-53(23)95)109-59-46(94)49(111-61-52(40(88)29(77)17(6-68)104-61)114-62-51(39(87)28(76)18(7-69)105-62)113-58-44(92)36(84)26(74)15(4-66)102-58)32(80)22(108-59)11-97-55-45(93)48(110-56-42(90)34(82)24(72)13(2-64)100-56)31(79)21(107-55)10-96-54-41(89)37(85)30(78)20(106-54)9-98-60-50(38(86)27(75)16(5-67)103-60)112-57-43(91)35(83)25(73)14(3-65)101-57/h13-62,64-70,72-95H,2-11H2,1H3,(H,63,71)/t13-,14-,15-,16-,17-,18-,19-,20-,21-,22-,23-,24-,25-,26-,27-,28-,29-,30-,31-,32-,33-,34+,35+,36+,37+,38+,39+,40+,41+,42+,43+,44+,45+,46+,47-,48+,49+,50+,51+,52+,53-,54+,55+,56-,57-,58-,59+,60+,61-,62-/m1/s1. The Morgan fingerprint density at radius 1 is 0.228 bits per heavy atom. The summed E-state index contributed by atoms with van der Waals surface area (Å²) >= 11 is 0. The molecule has 10 heterocycles. The molecule has 0 aromatic carbocycles. The molecular formula is C62H105NO51. The fourth-order valence-corrected chi connectivity index (χ4v) is 14.5. The van der Waals surface area contributed by atoms with Crippen LogP contribution in [0, 0.1) is 0 Å². The third-order valence-electron chi connectivity index (χ3n) is 21.2. The molecule has 114 heavy (non-hydrogen) atoms. The van der Waals surface area contributed by atoms with Crippen molar-refractivity contribution < 1.29 is 253 Å².